The van der Waals surface area contributed by atoms with Crippen LogP contribution in [0.5, 0.6) is 0 Å². The van der Waals surface area contributed by atoms with E-state index in [1.165, 1.54) is 36.8 Å². The lowest BCUT2D eigenvalue weighted by Crippen LogP contribution is -2.30. The summed E-state index contributed by atoms with van der Waals surface area (Å²) >= 11 is 0. The molecular formula is C16H25NO. The van der Waals surface area contributed by atoms with Gasteiger partial charge in [0, 0.05) is 6.54 Å². The molecule has 1 N–H and O–H groups in total. The Kier molecular flexibility index (Phi) is 5.21. The number of benzene rings is 1. The van der Waals surface area contributed by atoms with Gasteiger partial charge in [-0.15, -0.1) is 0 Å². The normalized spacial score (nSPS) is 17.4. The maximum Gasteiger partial charge on any atom is 0.0952 e. The predicted molar refractivity (Wildman–Crippen MR) is 75.8 cm³/mol. The summed E-state index contributed by atoms with van der Waals surface area (Å²) in [6.45, 7) is 6.31. The molecule has 0 saturated heterocycles. The van der Waals surface area contributed by atoms with E-state index in [1.807, 2.05) is 0 Å². The van der Waals surface area contributed by atoms with Crippen molar-refractivity contribution in [1.82, 2.24) is 5.32 Å². The first-order chi connectivity index (χ1) is 8.79. The van der Waals surface area contributed by atoms with Gasteiger partial charge in [0.05, 0.1) is 12.2 Å². The maximum atomic E-state index is 6.20. The highest BCUT2D eigenvalue weighted by Crippen LogP contribution is 2.28. The van der Waals surface area contributed by atoms with Crippen LogP contribution in [0.1, 0.15) is 49.8 Å². The van der Waals surface area contributed by atoms with E-state index in [1.54, 1.807) is 0 Å². The molecule has 0 bridgehead atoms. The van der Waals surface area contributed by atoms with Crippen molar-refractivity contribution in [2.24, 2.45) is 0 Å². The van der Waals surface area contributed by atoms with Crippen LogP contribution in [0.4, 0.5) is 0 Å². The van der Waals surface area contributed by atoms with Gasteiger partial charge in [-0.2, -0.15) is 0 Å². The van der Waals surface area contributed by atoms with Crippen LogP contribution in [0.3, 0.4) is 0 Å². The number of ether oxygens (including phenoxy) is 1. The Balaban J connectivity index is 1.95. The van der Waals surface area contributed by atoms with Gasteiger partial charge in [0.25, 0.3) is 0 Å². The predicted octanol–water partition coefficient (Wildman–Crippen LogP) is 3.60. The highest BCUT2D eigenvalue weighted by Gasteiger charge is 2.23. The zero-order valence-electron chi connectivity index (χ0n) is 11.6. The fourth-order valence-corrected chi connectivity index (χ4v) is 2.17. The first kappa shape index (κ1) is 13.6. The number of rotatable bonds is 7. The Bertz CT molecular complexity index is 343. The minimum atomic E-state index is 0.211. The lowest BCUT2D eigenvalue weighted by molar-refractivity contribution is -0.0518. The summed E-state index contributed by atoms with van der Waals surface area (Å²) < 4.78 is 6.20. The maximum absolute atomic E-state index is 6.20. The van der Waals surface area contributed by atoms with Crippen molar-refractivity contribution < 1.29 is 4.74 Å². The summed E-state index contributed by atoms with van der Waals surface area (Å²) in [6.07, 6.45) is 5.66. The molecule has 0 spiro atoms. The van der Waals surface area contributed by atoms with Gasteiger partial charge in [-0.05, 0) is 44.7 Å². The third-order valence-corrected chi connectivity index (χ3v) is 3.61. The molecule has 18 heavy (non-hydrogen) atoms. The van der Waals surface area contributed by atoms with Crippen molar-refractivity contribution in [2.75, 3.05) is 13.1 Å². The Hall–Kier alpha value is -0.860. The number of hydrogen-bond acceptors (Lipinski definition) is 2. The van der Waals surface area contributed by atoms with E-state index in [0.29, 0.717) is 6.10 Å². The van der Waals surface area contributed by atoms with E-state index >= 15 is 0 Å². The second kappa shape index (κ2) is 6.91. The molecule has 1 unspecified atom stereocenters. The van der Waals surface area contributed by atoms with Crippen LogP contribution >= 0.6 is 0 Å². The Morgan fingerprint density at radius 3 is 2.56 bits per heavy atom. The second-order valence-corrected chi connectivity index (χ2v) is 5.29. The molecule has 2 rings (SSSR count). The zero-order valence-corrected chi connectivity index (χ0v) is 11.6. The van der Waals surface area contributed by atoms with E-state index in [9.17, 15) is 0 Å². The van der Waals surface area contributed by atoms with Crippen LogP contribution in [0, 0.1) is 6.92 Å². The standard InChI is InChI=1S/C16H25NO/c1-3-11-17-12-16(18-15-5-4-6-15)14-9-7-13(2)8-10-14/h7-10,15-17H,3-6,11-12H2,1-2H3. The topological polar surface area (TPSA) is 21.3 Å². The van der Waals surface area contributed by atoms with E-state index in [-0.39, 0.29) is 6.10 Å². The summed E-state index contributed by atoms with van der Waals surface area (Å²) in [5.41, 5.74) is 2.61. The largest absolute Gasteiger partial charge is 0.369 e. The van der Waals surface area contributed by atoms with E-state index < -0.39 is 0 Å². The summed E-state index contributed by atoms with van der Waals surface area (Å²) in [5, 5.41) is 3.48. The van der Waals surface area contributed by atoms with Gasteiger partial charge in [-0.3, -0.25) is 0 Å². The van der Waals surface area contributed by atoms with Crippen LogP contribution < -0.4 is 5.32 Å². The highest BCUT2D eigenvalue weighted by atomic mass is 16.5. The average molecular weight is 247 g/mol. The minimum absolute atomic E-state index is 0.211. The van der Waals surface area contributed by atoms with E-state index in [4.69, 9.17) is 4.74 Å². The summed E-state index contributed by atoms with van der Waals surface area (Å²) in [6, 6.07) is 8.75. The molecule has 1 aliphatic carbocycles. The molecule has 1 aliphatic rings. The molecule has 0 amide bonds. The van der Waals surface area contributed by atoms with Gasteiger partial charge in [0.1, 0.15) is 0 Å². The van der Waals surface area contributed by atoms with Crippen molar-refractivity contribution in [3.63, 3.8) is 0 Å². The van der Waals surface area contributed by atoms with Gasteiger partial charge in [-0.25, -0.2) is 0 Å². The fourth-order valence-electron chi connectivity index (χ4n) is 2.17. The van der Waals surface area contributed by atoms with Crippen LogP contribution in [-0.2, 0) is 4.74 Å². The molecule has 0 aliphatic heterocycles. The summed E-state index contributed by atoms with van der Waals surface area (Å²) in [4.78, 5) is 0. The van der Waals surface area contributed by atoms with Crippen LogP contribution in [0.15, 0.2) is 24.3 Å². The first-order valence-corrected chi connectivity index (χ1v) is 7.22. The molecule has 1 saturated carbocycles. The smallest absolute Gasteiger partial charge is 0.0952 e. The molecule has 0 aromatic heterocycles. The zero-order chi connectivity index (χ0) is 12.8. The molecule has 1 atom stereocenters. The average Bonchev–Trinajstić information content (AvgIpc) is 2.33. The third-order valence-electron chi connectivity index (χ3n) is 3.61. The molecule has 0 radical (unpaired) electrons. The van der Waals surface area contributed by atoms with Crippen LogP contribution in [0.25, 0.3) is 0 Å². The van der Waals surface area contributed by atoms with Crippen molar-refractivity contribution >= 4 is 0 Å². The number of aryl methyl sites for hydroxylation is 1. The van der Waals surface area contributed by atoms with Gasteiger partial charge in [0.15, 0.2) is 0 Å². The molecule has 0 heterocycles. The number of hydrogen-bond donors (Lipinski definition) is 1. The summed E-state index contributed by atoms with van der Waals surface area (Å²) in [5.74, 6) is 0. The molecule has 1 aromatic carbocycles. The SMILES string of the molecule is CCCNCC(OC1CCC1)c1ccc(C)cc1. The Morgan fingerprint density at radius 2 is 2.00 bits per heavy atom. The van der Waals surface area contributed by atoms with Crippen molar-refractivity contribution in [3.8, 4) is 0 Å². The second-order valence-electron chi connectivity index (χ2n) is 5.29. The molecule has 100 valence electrons. The lowest BCUT2D eigenvalue weighted by Gasteiger charge is -2.31. The van der Waals surface area contributed by atoms with Crippen LogP contribution in [-0.4, -0.2) is 19.2 Å². The van der Waals surface area contributed by atoms with Crippen molar-refractivity contribution in [2.45, 2.75) is 51.7 Å². The Morgan fingerprint density at radius 1 is 1.28 bits per heavy atom. The quantitative estimate of drug-likeness (QED) is 0.743. The fraction of sp³-hybridized carbons (Fsp3) is 0.625. The van der Waals surface area contributed by atoms with Crippen molar-refractivity contribution in [1.29, 1.82) is 0 Å². The Labute approximate surface area is 111 Å². The van der Waals surface area contributed by atoms with Crippen molar-refractivity contribution in [3.05, 3.63) is 35.4 Å². The first-order valence-electron chi connectivity index (χ1n) is 7.22. The van der Waals surface area contributed by atoms with Gasteiger partial charge in [0.2, 0.25) is 0 Å². The summed E-state index contributed by atoms with van der Waals surface area (Å²) in [7, 11) is 0. The third kappa shape index (κ3) is 3.82. The number of nitrogens with one attached hydrogen (secondary N) is 1. The van der Waals surface area contributed by atoms with Gasteiger partial charge < -0.3 is 10.1 Å². The van der Waals surface area contributed by atoms with Crippen LogP contribution in [0.2, 0.25) is 0 Å². The van der Waals surface area contributed by atoms with Gasteiger partial charge in [-0.1, -0.05) is 36.8 Å². The highest BCUT2D eigenvalue weighted by molar-refractivity contribution is 5.23. The van der Waals surface area contributed by atoms with Gasteiger partial charge >= 0.3 is 0 Å². The van der Waals surface area contributed by atoms with E-state index in [2.05, 4.69) is 43.4 Å². The van der Waals surface area contributed by atoms with E-state index in [0.717, 1.165) is 13.1 Å². The lowest BCUT2D eigenvalue weighted by atomic mass is 9.95. The molecule has 2 nitrogen and oxygen atoms in total. The monoisotopic (exact) mass is 247 g/mol. The minimum Gasteiger partial charge on any atom is -0.369 e. The molecular weight excluding hydrogens is 222 g/mol. The molecule has 1 fully saturated rings. The molecule has 1 aromatic rings. The molecule has 2 heteroatoms.